The lowest BCUT2D eigenvalue weighted by atomic mass is 10.2. The second-order valence-corrected chi connectivity index (χ2v) is 5.41. The first kappa shape index (κ1) is 13.6. The van der Waals surface area contributed by atoms with Gasteiger partial charge in [-0.25, -0.2) is 0 Å². The summed E-state index contributed by atoms with van der Waals surface area (Å²) in [6, 6.07) is 4.77. The molecular weight excluding hydrogens is 224 g/mol. The number of ether oxygens (including phenoxy) is 1. The fourth-order valence-corrected chi connectivity index (χ4v) is 2.69. The summed E-state index contributed by atoms with van der Waals surface area (Å²) in [6.45, 7) is 8.67. The average molecular weight is 250 g/mol. The van der Waals surface area contributed by atoms with E-state index in [0.717, 1.165) is 13.1 Å². The zero-order chi connectivity index (χ0) is 13.0. The molecule has 102 valence electrons. The minimum absolute atomic E-state index is 0.393. The standard InChI is InChI=1S/C15H26N2O/c1-4-9-16-13(3)15-6-5-10-17(15)11-14-8-7-12(2)18-14/h5-6,10,12-14,16H,4,7-9,11H2,1-3H3. The molecule has 2 heterocycles. The van der Waals surface area contributed by atoms with Gasteiger partial charge in [0.1, 0.15) is 0 Å². The molecule has 1 aromatic rings. The van der Waals surface area contributed by atoms with Gasteiger partial charge in [-0.05, 0) is 51.8 Å². The molecule has 0 aromatic carbocycles. The third-order valence-electron chi connectivity index (χ3n) is 3.73. The maximum Gasteiger partial charge on any atom is 0.0758 e. The Bertz CT molecular complexity index is 361. The summed E-state index contributed by atoms with van der Waals surface area (Å²) in [6.07, 6.45) is 6.56. The van der Waals surface area contributed by atoms with Crippen molar-refractivity contribution in [2.24, 2.45) is 0 Å². The average Bonchev–Trinajstić information content (AvgIpc) is 2.96. The molecule has 3 heteroatoms. The number of nitrogens with zero attached hydrogens (tertiary/aromatic N) is 1. The highest BCUT2D eigenvalue weighted by molar-refractivity contribution is 5.11. The number of hydrogen-bond donors (Lipinski definition) is 1. The Morgan fingerprint density at radius 2 is 2.33 bits per heavy atom. The lowest BCUT2D eigenvalue weighted by molar-refractivity contribution is 0.0452. The molecule has 0 aliphatic carbocycles. The van der Waals surface area contributed by atoms with Crippen molar-refractivity contribution in [3.8, 4) is 0 Å². The Balaban J connectivity index is 1.94. The van der Waals surface area contributed by atoms with Gasteiger partial charge in [0.2, 0.25) is 0 Å². The first-order valence-electron chi connectivity index (χ1n) is 7.24. The number of rotatable bonds is 6. The second-order valence-electron chi connectivity index (χ2n) is 5.41. The summed E-state index contributed by atoms with van der Waals surface area (Å²) < 4.78 is 8.25. The quantitative estimate of drug-likeness (QED) is 0.839. The van der Waals surface area contributed by atoms with Crippen LogP contribution >= 0.6 is 0 Å². The van der Waals surface area contributed by atoms with Crippen molar-refractivity contribution >= 4 is 0 Å². The molecule has 0 saturated carbocycles. The van der Waals surface area contributed by atoms with Gasteiger partial charge in [-0.2, -0.15) is 0 Å². The Kier molecular flexibility index (Phi) is 4.84. The van der Waals surface area contributed by atoms with Crippen LogP contribution in [0, 0.1) is 0 Å². The molecule has 0 bridgehead atoms. The Morgan fingerprint density at radius 1 is 1.50 bits per heavy atom. The predicted molar refractivity (Wildman–Crippen MR) is 74.7 cm³/mol. The van der Waals surface area contributed by atoms with E-state index in [4.69, 9.17) is 4.74 Å². The molecule has 3 atom stereocenters. The van der Waals surface area contributed by atoms with Crippen LogP contribution in [-0.2, 0) is 11.3 Å². The first-order valence-corrected chi connectivity index (χ1v) is 7.24. The molecule has 1 aromatic heterocycles. The molecule has 1 saturated heterocycles. The fourth-order valence-electron chi connectivity index (χ4n) is 2.69. The Hall–Kier alpha value is -0.800. The topological polar surface area (TPSA) is 26.2 Å². The predicted octanol–water partition coefficient (Wildman–Crippen LogP) is 3.12. The maximum absolute atomic E-state index is 5.91. The Labute approximate surface area is 111 Å². The molecule has 3 nitrogen and oxygen atoms in total. The summed E-state index contributed by atoms with van der Waals surface area (Å²) in [5, 5.41) is 3.55. The fraction of sp³-hybridized carbons (Fsp3) is 0.733. The lowest BCUT2D eigenvalue weighted by Crippen LogP contribution is -2.24. The van der Waals surface area contributed by atoms with Gasteiger partial charge in [-0.1, -0.05) is 6.92 Å². The van der Waals surface area contributed by atoms with Crippen LogP contribution in [0.1, 0.15) is 51.8 Å². The van der Waals surface area contributed by atoms with E-state index in [-0.39, 0.29) is 0 Å². The van der Waals surface area contributed by atoms with Gasteiger partial charge in [0, 0.05) is 24.5 Å². The highest BCUT2D eigenvalue weighted by Gasteiger charge is 2.23. The minimum atomic E-state index is 0.393. The maximum atomic E-state index is 5.91. The van der Waals surface area contributed by atoms with E-state index in [0.29, 0.717) is 18.2 Å². The second kappa shape index (κ2) is 6.39. The molecule has 0 radical (unpaired) electrons. The highest BCUT2D eigenvalue weighted by Crippen LogP contribution is 2.22. The van der Waals surface area contributed by atoms with Crippen molar-refractivity contribution in [2.45, 2.75) is 64.8 Å². The van der Waals surface area contributed by atoms with Crippen LogP contribution in [-0.4, -0.2) is 23.3 Å². The summed E-state index contributed by atoms with van der Waals surface area (Å²) in [7, 11) is 0. The molecule has 0 amide bonds. The Morgan fingerprint density at radius 3 is 3.00 bits per heavy atom. The van der Waals surface area contributed by atoms with Crippen molar-refractivity contribution in [3.63, 3.8) is 0 Å². The van der Waals surface area contributed by atoms with Gasteiger partial charge in [-0.3, -0.25) is 0 Å². The van der Waals surface area contributed by atoms with Crippen molar-refractivity contribution < 1.29 is 4.74 Å². The molecule has 0 spiro atoms. The molecule has 3 unspecified atom stereocenters. The molecule has 1 aliphatic rings. The van der Waals surface area contributed by atoms with E-state index >= 15 is 0 Å². The monoisotopic (exact) mass is 250 g/mol. The molecule has 18 heavy (non-hydrogen) atoms. The molecule has 2 rings (SSSR count). The van der Waals surface area contributed by atoms with Crippen LogP contribution in [0.25, 0.3) is 0 Å². The van der Waals surface area contributed by atoms with Crippen LogP contribution in [0.4, 0.5) is 0 Å². The van der Waals surface area contributed by atoms with Crippen molar-refractivity contribution in [1.29, 1.82) is 0 Å². The number of aromatic nitrogens is 1. The first-order chi connectivity index (χ1) is 8.70. The van der Waals surface area contributed by atoms with E-state index in [2.05, 4.69) is 49.0 Å². The van der Waals surface area contributed by atoms with E-state index in [9.17, 15) is 0 Å². The van der Waals surface area contributed by atoms with E-state index < -0.39 is 0 Å². The zero-order valence-electron chi connectivity index (χ0n) is 11.9. The SMILES string of the molecule is CCCNC(C)c1cccn1CC1CCC(C)O1. The highest BCUT2D eigenvalue weighted by atomic mass is 16.5. The van der Waals surface area contributed by atoms with Gasteiger partial charge >= 0.3 is 0 Å². The molecular formula is C15H26N2O. The van der Waals surface area contributed by atoms with Crippen LogP contribution in [0.2, 0.25) is 0 Å². The van der Waals surface area contributed by atoms with Crippen molar-refractivity contribution in [3.05, 3.63) is 24.0 Å². The van der Waals surface area contributed by atoms with Crippen LogP contribution in [0.5, 0.6) is 0 Å². The van der Waals surface area contributed by atoms with E-state index in [1.807, 2.05) is 0 Å². The van der Waals surface area contributed by atoms with Crippen molar-refractivity contribution in [1.82, 2.24) is 9.88 Å². The van der Waals surface area contributed by atoms with Gasteiger partial charge in [0.05, 0.1) is 12.2 Å². The third kappa shape index (κ3) is 3.36. The summed E-state index contributed by atoms with van der Waals surface area (Å²) in [4.78, 5) is 0. The largest absolute Gasteiger partial charge is 0.373 e. The van der Waals surface area contributed by atoms with Crippen LogP contribution < -0.4 is 5.32 Å². The number of nitrogens with one attached hydrogen (secondary N) is 1. The molecule has 1 fully saturated rings. The van der Waals surface area contributed by atoms with E-state index in [1.54, 1.807) is 0 Å². The summed E-state index contributed by atoms with van der Waals surface area (Å²) in [5.74, 6) is 0. The lowest BCUT2D eigenvalue weighted by Gasteiger charge is -2.19. The van der Waals surface area contributed by atoms with Gasteiger partial charge in [0.15, 0.2) is 0 Å². The van der Waals surface area contributed by atoms with Crippen LogP contribution in [0.3, 0.4) is 0 Å². The number of hydrogen-bond acceptors (Lipinski definition) is 2. The van der Waals surface area contributed by atoms with Crippen molar-refractivity contribution in [2.75, 3.05) is 6.54 Å². The van der Waals surface area contributed by atoms with Gasteiger partial charge in [0.25, 0.3) is 0 Å². The zero-order valence-corrected chi connectivity index (χ0v) is 11.9. The van der Waals surface area contributed by atoms with Gasteiger partial charge in [-0.15, -0.1) is 0 Å². The van der Waals surface area contributed by atoms with E-state index in [1.165, 1.54) is 25.0 Å². The molecule has 1 aliphatic heterocycles. The summed E-state index contributed by atoms with van der Waals surface area (Å²) in [5.41, 5.74) is 1.37. The van der Waals surface area contributed by atoms with Crippen LogP contribution in [0.15, 0.2) is 18.3 Å². The molecule has 1 N–H and O–H groups in total. The smallest absolute Gasteiger partial charge is 0.0758 e. The summed E-state index contributed by atoms with van der Waals surface area (Å²) >= 11 is 0. The minimum Gasteiger partial charge on any atom is -0.373 e. The van der Waals surface area contributed by atoms with Gasteiger partial charge < -0.3 is 14.6 Å². The third-order valence-corrected chi connectivity index (χ3v) is 3.73. The normalized spacial score (nSPS) is 25.5.